The van der Waals surface area contributed by atoms with Crippen molar-refractivity contribution < 1.29 is 13.2 Å². The number of sulfonamides is 1. The highest BCUT2D eigenvalue weighted by molar-refractivity contribution is 7.89. The lowest BCUT2D eigenvalue weighted by Gasteiger charge is -2.08. The summed E-state index contributed by atoms with van der Waals surface area (Å²) in [6.45, 7) is 2.13. The Hall–Kier alpha value is 0.160. The van der Waals surface area contributed by atoms with Crippen molar-refractivity contribution in [3.63, 3.8) is 0 Å². The van der Waals surface area contributed by atoms with Gasteiger partial charge in [-0.25, -0.2) is 13.1 Å². The monoisotopic (exact) mass is 215 g/mol. The van der Waals surface area contributed by atoms with Gasteiger partial charge in [0.2, 0.25) is 10.0 Å². The van der Waals surface area contributed by atoms with Gasteiger partial charge in [0.25, 0.3) is 0 Å². The second-order valence-corrected chi connectivity index (χ2v) is 5.02. The quantitative estimate of drug-likeness (QED) is 0.644. The van der Waals surface area contributed by atoms with Crippen LogP contribution in [-0.2, 0) is 14.8 Å². The van der Waals surface area contributed by atoms with Crippen LogP contribution in [0.2, 0.25) is 0 Å². The second-order valence-electron chi connectivity index (χ2n) is 2.30. The van der Waals surface area contributed by atoms with E-state index in [4.69, 9.17) is 16.3 Å². The van der Waals surface area contributed by atoms with Crippen LogP contribution in [0.15, 0.2) is 0 Å². The number of nitrogens with one attached hydrogen (secondary N) is 1. The average Bonchev–Trinajstić information content (AvgIpc) is 2.02. The van der Waals surface area contributed by atoms with E-state index >= 15 is 0 Å². The lowest BCUT2D eigenvalue weighted by Crippen LogP contribution is -2.32. The molecule has 0 aliphatic carbocycles. The Kier molecular flexibility index (Phi) is 5.82. The summed E-state index contributed by atoms with van der Waals surface area (Å²) in [6.07, 6.45) is 0. The summed E-state index contributed by atoms with van der Waals surface area (Å²) in [5, 5.41) is -0.309. The molecular formula is C6H14ClNO3S. The highest BCUT2D eigenvalue weighted by Crippen LogP contribution is 1.95. The molecule has 4 nitrogen and oxygen atoms in total. The van der Waals surface area contributed by atoms with Crippen molar-refractivity contribution in [3.05, 3.63) is 0 Å². The van der Waals surface area contributed by atoms with Crippen molar-refractivity contribution in [1.82, 2.24) is 4.72 Å². The van der Waals surface area contributed by atoms with Crippen LogP contribution in [0.5, 0.6) is 0 Å². The molecule has 0 saturated heterocycles. The van der Waals surface area contributed by atoms with E-state index in [9.17, 15) is 8.42 Å². The molecule has 0 aliphatic heterocycles. The zero-order valence-electron chi connectivity index (χ0n) is 7.21. The van der Waals surface area contributed by atoms with Gasteiger partial charge in [0.05, 0.1) is 17.7 Å². The molecule has 0 radical (unpaired) electrons. The summed E-state index contributed by atoms with van der Waals surface area (Å²) >= 11 is 5.69. The maximum absolute atomic E-state index is 10.9. The Labute approximate surface area is 78.3 Å². The van der Waals surface area contributed by atoms with Crippen molar-refractivity contribution in [2.75, 3.05) is 26.0 Å². The van der Waals surface area contributed by atoms with Gasteiger partial charge in [-0.2, -0.15) is 0 Å². The molecule has 0 aromatic rings. The minimum atomic E-state index is -3.12. The van der Waals surface area contributed by atoms with Gasteiger partial charge in [0.1, 0.15) is 0 Å². The molecule has 0 fully saturated rings. The molecule has 0 rings (SSSR count). The first kappa shape index (κ1) is 12.2. The van der Waals surface area contributed by atoms with E-state index in [1.54, 1.807) is 6.92 Å². The molecule has 0 aromatic heterocycles. The Morgan fingerprint density at radius 1 is 1.58 bits per heavy atom. The average molecular weight is 216 g/mol. The maximum Gasteiger partial charge on any atom is 0.211 e. The molecule has 12 heavy (non-hydrogen) atoms. The molecule has 0 aliphatic rings. The summed E-state index contributed by atoms with van der Waals surface area (Å²) in [5.41, 5.74) is 0. The van der Waals surface area contributed by atoms with Crippen LogP contribution in [0.3, 0.4) is 0 Å². The summed E-state index contributed by atoms with van der Waals surface area (Å²) in [5.74, 6) is 0.0730. The molecule has 0 aromatic carbocycles. The van der Waals surface area contributed by atoms with Crippen LogP contribution in [0, 0.1) is 0 Å². The van der Waals surface area contributed by atoms with E-state index in [1.165, 1.54) is 7.11 Å². The molecule has 0 bridgehead atoms. The number of hydrogen-bond acceptors (Lipinski definition) is 3. The normalized spacial score (nSPS) is 14.6. The van der Waals surface area contributed by atoms with Crippen LogP contribution in [0.25, 0.3) is 0 Å². The summed E-state index contributed by atoms with van der Waals surface area (Å²) < 4.78 is 28.9. The minimum Gasteiger partial charge on any atom is -0.383 e. The molecule has 1 unspecified atom stereocenters. The molecule has 74 valence electrons. The van der Waals surface area contributed by atoms with Gasteiger partial charge in [-0.05, 0) is 6.92 Å². The second kappa shape index (κ2) is 5.75. The van der Waals surface area contributed by atoms with Crippen molar-refractivity contribution >= 4 is 21.6 Å². The van der Waals surface area contributed by atoms with E-state index in [-0.39, 0.29) is 17.7 Å². The Morgan fingerprint density at radius 3 is 2.58 bits per heavy atom. The fourth-order valence-corrected chi connectivity index (χ4v) is 1.51. The van der Waals surface area contributed by atoms with Gasteiger partial charge < -0.3 is 4.74 Å². The standard InChI is InChI=1S/C6H14ClNO3S/c1-3-12(9,10)8-4-6(7)5-11-2/h6,8H,3-5H2,1-2H3. The van der Waals surface area contributed by atoms with E-state index < -0.39 is 10.0 Å². The smallest absolute Gasteiger partial charge is 0.211 e. The number of halogens is 1. The summed E-state index contributed by atoms with van der Waals surface area (Å²) in [4.78, 5) is 0. The fourth-order valence-electron chi connectivity index (χ4n) is 0.559. The highest BCUT2D eigenvalue weighted by atomic mass is 35.5. The molecule has 1 atom stereocenters. The van der Waals surface area contributed by atoms with Crippen molar-refractivity contribution in [3.8, 4) is 0 Å². The number of ether oxygens (including phenoxy) is 1. The molecule has 6 heteroatoms. The maximum atomic E-state index is 10.9. The van der Waals surface area contributed by atoms with E-state index in [0.29, 0.717) is 6.61 Å². The number of hydrogen-bond donors (Lipinski definition) is 1. The van der Waals surface area contributed by atoms with Gasteiger partial charge in [-0.15, -0.1) is 11.6 Å². The third-order valence-electron chi connectivity index (χ3n) is 1.25. The van der Waals surface area contributed by atoms with E-state index in [2.05, 4.69) is 4.72 Å². The first-order chi connectivity index (χ1) is 5.52. The third-order valence-corrected chi connectivity index (χ3v) is 2.90. The number of alkyl halides is 1. The predicted octanol–water partition coefficient (Wildman–Crippen LogP) is 0.179. The minimum absolute atomic E-state index is 0.0730. The zero-order valence-corrected chi connectivity index (χ0v) is 8.78. The number of rotatable bonds is 6. The Bertz CT molecular complexity index is 205. The summed E-state index contributed by atoms with van der Waals surface area (Å²) in [6, 6.07) is 0. The van der Waals surface area contributed by atoms with Crippen molar-refractivity contribution in [2.45, 2.75) is 12.3 Å². The van der Waals surface area contributed by atoms with Crippen molar-refractivity contribution in [1.29, 1.82) is 0 Å². The SMILES string of the molecule is CCS(=O)(=O)NCC(Cl)COC. The molecule has 0 spiro atoms. The largest absolute Gasteiger partial charge is 0.383 e. The zero-order chi connectivity index (χ0) is 9.61. The number of methoxy groups -OCH3 is 1. The van der Waals surface area contributed by atoms with Crippen LogP contribution in [0.4, 0.5) is 0 Å². The van der Waals surface area contributed by atoms with Gasteiger partial charge in [0, 0.05) is 13.7 Å². The predicted molar refractivity (Wildman–Crippen MR) is 49.0 cm³/mol. The van der Waals surface area contributed by atoms with Crippen LogP contribution >= 0.6 is 11.6 Å². The van der Waals surface area contributed by atoms with Gasteiger partial charge in [0.15, 0.2) is 0 Å². The lowest BCUT2D eigenvalue weighted by molar-refractivity contribution is 0.198. The first-order valence-electron chi connectivity index (χ1n) is 3.62. The molecular weight excluding hydrogens is 202 g/mol. The molecule has 0 saturated carbocycles. The third kappa shape index (κ3) is 5.77. The highest BCUT2D eigenvalue weighted by Gasteiger charge is 2.09. The molecule has 0 heterocycles. The topological polar surface area (TPSA) is 55.4 Å². The first-order valence-corrected chi connectivity index (χ1v) is 5.71. The molecule has 1 N–H and O–H groups in total. The summed E-state index contributed by atoms with van der Waals surface area (Å²) in [7, 11) is -1.61. The fraction of sp³-hybridized carbons (Fsp3) is 1.00. The Morgan fingerprint density at radius 2 is 2.17 bits per heavy atom. The lowest BCUT2D eigenvalue weighted by atomic mass is 10.5. The van der Waals surface area contributed by atoms with Crippen LogP contribution < -0.4 is 4.72 Å². The van der Waals surface area contributed by atoms with Gasteiger partial charge >= 0.3 is 0 Å². The van der Waals surface area contributed by atoms with Crippen LogP contribution in [0.1, 0.15) is 6.92 Å². The van der Waals surface area contributed by atoms with Gasteiger partial charge in [-0.3, -0.25) is 0 Å². The van der Waals surface area contributed by atoms with Crippen molar-refractivity contribution in [2.24, 2.45) is 0 Å². The molecule has 0 amide bonds. The van der Waals surface area contributed by atoms with Crippen LogP contribution in [-0.4, -0.2) is 39.8 Å². The van der Waals surface area contributed by atoms with Gasteiger partial charge in [-0.1, -0.05) is 0 Å². The van der Waals surface area contributed by atoms with E-state index in [1.807, 2.05) is 0 Å². The Balaban J connectivity index is 3.68. The van der Waals surface area contributed by atoms with E-state index in [0.717, 1.165) is 0 Å².